The highest BCUT2D eigenvalue weighted by Crippen LogP contribution is 2.51. The maximum absolute atomic E-state index is 12.1. The average Bonchev–Trinajstić information content (AvgIpc) is 2.96. The highest BCUT2D eigenvalue weighted by molar-refractivity contribution is 7.89. The average molecular weight is 272 g/mol. The molecule has 0 spiro atoms. The minimum atomic E-state index is -3.53. The molecule has 1 fully saturated rings. The lowest BCUT2D eigenvalue weighted by Crippen LogP contribution is -2.33. The van der Waals surface area contributed by atoms with Crippen molar-refractivity contribution in [3.63, 3.8) is 0 Å². The van der Waals surface area contributed by atoms with E-state index in [4.69, 9.17) is 5.73 Å². The molecule has 1 saturated carbocycles. The van der Waals surface area contributed by atoms with Crippen LogP contribution in [-0.4, -0.2) is 25.2 Å². The minimum absolute atomic E-state index is 0.0876. The summed E-state index contributed by atoms with van der Waals surface area (Å²) in [5.41, 5.74) is 6.13. The topological polar surface area (TPSA) is 101 Å². The maximum Gasteiger partial charge on any atom is 0.257 e. The summed E-state index contributed by atoms with van der Waals surface area (Å²) in [6, 6.07) is 0. The molecule has 0 aromatic carbocycles. The molecule has 0 amide bonds. The largest absolute Gasteiger partial charge is 0.326 e. The molecule has 102 valence electrons. The number of H-pyrrole nitrogens is 1. The van der Waals surface area contributed by atoms with Gasteiger partial charge in [-0.15, -0.1) is 0 Å². The number of nitrogens with zero attached hydrogens (tertiary/aromatic N) is 1. The van der Waals surface area contributed by atoms with Crippen LogP contribution in [-0.2, 0) is 16.6 Å². The van der Waals surface area contributed by atoms with Gasteiger partial charge in [0.2, 0.25) is 0 Å². The van der Waals surface area contributed by atoms with Crippen LogP contribution in [0.4, 0.5) is 0 Å². The van der Waals surface area contributed by atoms with Crippen LogP contribution in [0.15, 0.2) is 11.2 Å². The van der Waals surface area contributed by atoms with E-state index >= 15 is 0 Å². The molecule has 0 radical (unpaired) electrons. The van der Waals surface area contributed by atoms with Gasteiger partial charge in [-0.1, -0.05) is 13.8 Å². The van der Waals surface area contributed by atoms with Gasteiger partial charge in [0.05, 0.1) is 6.20 Å². The molecule has 1 aromatic heterocycles. The quantitative estimate of drug-likeness (QED) is 0.705. The molecular formula is C11H20N4O2S. The Labute approximate surface area is 107 Å². The van der Waals surface area contributed by atoms with Crippen LogP contribution in [0.1, 0.15) is 32.3 Å². The fraction of sp³-hybridized carbons (Fsp3) is 0.727. The third-order valence-corrected chi connectivity index (χ3v) is 5.31. The fourth-order valence-corrected chi connectivity index (χ4v) is 3.38. The van der Waals surface area contributed by atoms with E-state index in [1.165, 1.54) is 6.20 Å². The first-order chi connectivity index (χ1) is 8.41. The highest BCUT2D eigenvalue weighted by Gasteiger charge is 2.45. The Balaban J connectivity index is 2.09. The van der Waals surface area contributed by atoms with Gasteiger partial charge in [0.1, 0.15) is 0 Å². The van der Waals surface area contributed by atoms with Crippen LogP contribution in [0.2, 0.25) is 0 Å². The molecule has 7 heteroatoms. The number of nitrogens with one attached hydrogen (secondary N) is 2. The molecule has 0 aliphatic heterocycles. The smallest absolute Gasteiger partial charge is 0.257 e. The van der Waals surface area contributed by atoms with Crippen LogP contribution in [0.5, 0.6) is 0 Å². The van der Waals surface area contributed by atoms with Crippen LogP contribution in [0, 0.1) is 11.3 Å². The van der Waals surface area contributed by atoms with Gasteiger partial charge in [0, 0.05) is 18.7 Å². The third kappa shape index (κ3) is 2.43. The van der Waals surface area contributed by atoms with Gasteiger partial charge >= 0.3 is 0 Å². The molecule has 0 saturated heterocycles. The number of rotatable bonds is 6. The van der Waals surface area contributed by atoms with Gasteiger partial charge < -0.3 is 5.73 Å². The third-order valence-electron chi connectivity index (χ3n) is 3.90. The van der Waals surface area contributed by atoms with Crippen molar-refractivity contribution in [1.82, 2.24) is 14.9 Å². The summed E-state index contributed by atoms with van der Waals surface area (Å²) in [7, 11) is -3.53. The number of aromatic nitrogens is 2. The maximum atomic E-state index is 12.1. The second-order valence-corrected chi connectivity index (χ2v) is 6.97. The molecule has 6 nitrogen and oxygen atoms in total. The van der Waals surface area contributed by atoms with Gasteiger partial charge in [-0.05, 0) is 24.2 Å². The van der Waals surface area contributed by atoms with Crippen molar-refractivity contribution in [3.05, 3.63) is 11.8 Å². The van der Waals surface area contributed by atoms with E-state index in [0.29, 0.717) is 18.0 Å². The van der Waals surface area contributed by atoms with E-state index in [1.54, 1.807) is 0 Å². The Morgan fingerprint density at radius 3 is 2.72 bits per heavy atom. The number of hydrogen-bond acceptors (Lipinski definition) is 4. The number of sulfonamides is 1. The van der Waals surface area contributed by atoms with E-state index < -0.39 is 10.0 Å². The summed E-state index contributed by atoms with van der Waals surface area (Å²) < 4.78 is 26.9. The van der Waals surface area contributed by atoms with Crippen molar-refractivity contribution in [2.45, 2.75) is 38.3 Å². The van der Waals surface area contributed by atoms with Crippen molar-refractivity contribution in [2.75, 3.05) is 6.54 Å². The predicted molar refractivity (Wildman–Crippen MR) is 68.2 cm³/mol. The number of nitrogens with two attached hydrogens (primary N) is 1. The lowest BCUT2D eigenvalue weighted by Gasteiger charge is -2.19. The van der Waals surface area contributed by atoms with Gasteiger partial charge in [-0.25, -0.2) is 13.1 Å². The Bertz CT molecular complexity index is 517. The first-order valence-electron chi connectivity index (χ1n) is 6.13. The normalized spacial score (nSPS) is 18.2. The van der Waals surface area contributed by atoms with Gasteiger partial charge in [0.15, 0.2) is 5.03 Å². The first kappa shape index (κ1) is 13.5. The standard InChI is InChI=1S/C11H20N4O2S/c1-8(2)11(3-4-11)7-14-18(16,17)10-9(5-12)6-13-15-10/h6,8,14H,3-5,7,12H2,1-2H3,(H,13,15). The second kappa shape index (κ2) is 4.64. The van der Waals surface area contributed by atoms with Gasteiger partial charge in [-0.3, -0.25) is 5.10 Å². The van der Waals surface area contributed by atoms with Crippen molar-refractivity contribution >= 4 is 10.0 Å². The summed E-state index contributed by atoms with van der Waals surface area (Å²) in [4.78, 5) is 0. The minimum Gasteiger partial charge on any atom is -0.326 e. The Hall–Kier alpha value is -0.920. The van der Waals surface area contributed by atoms with Crippen molar-refractivity contribution in [1.29, 1.82) is 0 Å². The molecule has 2 rings (SSSR count). The van der Waals surface area contributed by atoms with E-state index in [2.05, 4.69) is 28.8 Å². The zero-order chi connectivity index (χ0) is 13.4. The van der Waals surface area contributed by atoms with E-state index in [-0.39, 0.29) is 17.0 Å². The molecule has 0 unspecified atom stereocenters. The molecule has 4 N–H and O–H groups in total. The lowest BCUT2D eigenvalue weighted by molar-refractivity contribution is 0.357. The number of hydrogen-bond donors (Lipinski definition) is 3. The molecule has 0 atom stereocenters. The zero-order valence-electron chi connectivity index (χ0n) is 10.7. The van der Waals surface area contributed by atoms with E-state index in [9.17, 15) is 8.42 Å². The summed E-state index contributed by atoms with van der Waals surface area (Å²) in [5, 5.41) is 6.32. The lowest BCUT2D eigenvalue weighted by atomic mass is 9.93. The summed E-state index contributed by atoms with van der Waals surface area (Å²) in [6.45, 7) is 4.89. The second-order valence-electron chi connectivity index (χ2n) is 5.27. The summed E-state index contributed by atoms with van der Waals surface area (Å²) in [6.07, 6.45) is 3.61. The molecular weight excluding hydrogens is 252 g/mol. The van der Waals surface area contributed by atoms with E-state index in [1.807, 2.05) is 0 Å². The van der Waals surface area contributed by atoms with E-state index in [0.717, 1.165) is 12.8 Å². The van der Waals surface area contributed by atoms with Crippen molar-refractivity contribution in [3.8, 4) is 0 Å². The fourth-order valence-electron chi connectivity index (χ4n) is 2.11. The first-order valence-corrected chi connectivity index (χ1v) is 7.61. The zero-order valence-corrected chi connectivity index (χ0v) is 11.5. The van der Waals surface area contributed by atoms with Crippen LogP contribution >= 0.6 is 0 Å². The predicted octanol–water partition coefficient (Wildman–Crippen LogP) is 0.583. The Morgan fingerprint density at radius 2 is 2.22 bits per heavy atom. The van der Waals surface area contributed by atoms with Crippen molar-refractivity contribution in [2.24, 2.45) is 17.1 Å². The van der Waals surface area contributed by atoms with Crippen LogP contribution < -0.4 is 10.5 Å². The molecule has 1 aromatic rings. The van der Waals surface area contributed by atoms with Gasteiger partial charge in [0.25, 0.3) is 10.0 Å². The number of aromatic amines is 1. The summed E-state index contributed by atoms with van der Waals surface area (Å²) >= 11 is 0. The molecule has 0 bridgehead atoms. The molecule has 18 heavy (non-hydrogen) atoms. The monoisotopic (exact) mass is 272 g/mol. The van der Waals surface area contributed by atoms with Gasteiger partial charge in [-0.2, -0.15) is 5.10 Å². The molecule has 1 heterocycles. The molecule has 1 aliphatic carbocycles. The van der Waals surface area contributed by atoms with Crippen LogP contribution in [0.25, 0.3) is 0 Å². The highest BCUT2D eigenvalue weighted by atomic mass is 32.2. The Morgan fingerprint density at radius 1 is 1.56 bits per heavy atom. The molecule has 1 aliphatic rings. The summed E-state index contributed by atoms with van der Waals surface area (Å²) in [5.74, 6) is 0.482. The SMILES string of the molecule is CC(C)C1(CNS(=O)(=O)c2[nH]ncc2CN)CC1. The van der Waals surface area contributed by atoms with Crippen molar-refractivity contribution < 1.29 is 8.42 Å². The Kier molecular flexibility index (Phi) is 3.48. The van der Waals surface area contributed by atoms with Crippen LogP contribution in [0.3, 0.4) is 0 Å².